The molecule has 3 nitrogen and oxygen atoms in total. The van der Waals surface area contributed by atoms with Crippen molar-refractivity contribution < 1.29 is 4.39 Å². The van der Waals surface area contributed by atoms with Crippen molar-refractivity contribution in [3.63, 3.8) is 0 Å². The predicted octanol–water partition coefficient (Wildman–Crippen LogP) is 3.29. The van der Waals surface area contributed by atoms with Crippen molar-refractivity contribution in [1.29, 1.82) is 0 Å². The van der Waals surface area contributed by atoms with Gasteiger partial charge in [-0.25, -0.2) is 4.39 Å². The fraction of sp³-hybridized carbons (Fsp3) is 0.100. The van der Waals surface area contributed by atoms with E-state index in [-0.39, 0.29) is 22.2 Å². The Labute approximate surface area is 101 Å². The molecule has 0 saturated heterocycles. The highest BCUT2D eigenvalue weighted by Gasteiger charge is 2.09. The zero-order valence-corrected chi connectivity index (χ0v) is 9.72. The lowest BCUT2D eigenvalue weighted by atomic mass is 10.1. The fourth-order valence-corrected chi connectivity index (χ4v) is 1.64. The molecule has 0 unspecified atom stereocenters. The summed E-state index contributed by atoms with van der Waals surface area (Å²) in [5, 5.41) is -0.0303. The summed E-state index contributed by atoms with van der Waals surface area (Å²) in [6.07, 6.45) is 0. The SMILES string of the molecule is Cc1ccc(F)cc1-c1nc(Cl)nc(Cl)n1. The van der Waals surface area contributed by atoms with Crippen molar-refractivity contribution in [2.24, 2.45) is 0 Å². The monoisotopic (exact) mass is 257 g/mol. The summed E-state index contributed by atoms with van der Waals surface area (Å²) in [4.78, 5) is 11.4. The number of hydrogen-bond donors (Lipinski definition) is 0. The minimum absolute atomic E-state index is 0.0151. The minimum atomic E-state index is -0.367. The second-order valence-corrected chi connectivity index (χ2v) is 3.83. The standard InChI is InChI=1S/C10H6Cl2FN3/c1-5-2-3-6(13)4-7(5)8-14-9(11)16-10(12)15-8/h2-4H,1H3. The van der Waals surface area contributed by atoms with Crippen molar-refractivity contribution in [1.82, 2.24) is 15.0 Å². The van der Waals surface area contributed by atoms with Crippen LogP contribution in [-0.4, -0.2) is 15.0 Å². The van der Waals surface area contributed by atoms with Gasteiger partial charge in [0.25, 0.3) is 0 Å². The van der Waals surface area contributed by atoms with Crippen LogP contribution in [-0.2, 0) is 0 Å². The number of nitrogens with zero attached hydrogens (tertiary/aromatic N) is 3. The van der Waals surface area contributed by atoms with Crippen molar-refractivity contribution >= 4 is 23.2 Å². The molecule has 16 heavy (non-hydrogen) atoms. The highest BCUT2D eigenvalue weighted by atomic mass is 35.5. The van der Waals surface area contributed by atoms with Crippen LogP contribution in [0.3, 0.4) is 0 Å². The first-order valence-corrected chi connectivity index (χ1v) is 5.15. The predicted molar refractivity (Wildman–Crippen MR) is 60.0 cm³/mol. The maximum atomic E-state index is 13.1. The minimum Gasteiger partial charge on any atom is -0.207 e. The lowest BCUT2D eigenvalue weighted by molar-refractivity contribution is 0.627. The third kappa shape index (κ3) is 2.28. The van der Waals surface area contributed by atoms with Crippen LogP contribution in [0.1, 0.15) is 5.56 Å². The summed E-state index contributed by atoms with van der Waals surface area (Å²) in [5.41, 5.74) is 1.38. The van der Waals surface area contributed by atoms with Crippen molar-refractivity contribution in [3.8, 4) is 11.4 Å². The molecular formula is C10H6Cl2FN3. The summed E-state index contributed by atoms with van der Waals surface area (Å²) in [6, 6.07) is 4.33. The Morgan fingerprint density at radius 1 is 1.06 bits per heavy atom. The molecule has 0 aliphatic heterocycles. The number of hydrogen-bond acceptors (Lipinski definition) is 3. The third-order valence-corrected chi connectivity index (χ3v) is 2.36. The number of rotatable bonds is 1. The first kappa shape index (κ1) is 11.2. The molecule has 0 N–H and O–H groups in total. The first-order valence-electron chi connectivity index (χ1n) is 4.40. The van der Waals surface area contributed by atoms with E-state index in [1.54, 1.807) is 6.07 Å². The summed E-state index contributed by atoms with van der Waals surface area (Å²) >= 11 is 11.3. The molecule has 0 fully saturated rings. The van der Waals surface area contributed by atoms with Gasteiger partial charge in [0.2, 0.25) is 10.6 Å². The summed E-state index contributed by atoms with van der Waals surface area (Å²) in [6.45, 7) is 1.82. The normalized spacial score (nSPS) is 10.5. The van der Waals surface area contributed by atoms with E-state index in [1.165, 1.54) is 12.1 Å². The Bertz CT molecular complexity index is 525. The average molecular weight is 258 g/mol. The van der Waals surface area contributed by atoms with Gasteiger partial charge in [-0.1, -0.05) is 6.07 Å². The van der Waals surface area contributed by atoms with E-state index in [4.69, 9.17) is 23.2 Å². The number of aromatic nitrogens is 3. The maximum Gasteiger partial charge on any atom is 0.227 e. The van der Waals surface area contributed by atoms with Gasteiger partial charge < -0.3 is 0 Å². The summed E-state index contributed by atoms with van der Waals surface area (Å²) in [5.74, 6) is -0.102. The van der Waals surface area contributed by atoms with Crippen LogP contribution < -0.4 is 0 Å². The highest BCUT2D eigenvalue weighted by molar-refractivity contribution is 6.31. The Kier molecular flexibility index (Phi) is 3.03. The van der Waals surface area contributed by atoms with E-state index >= 15 is 0 Å². The van der Waals surface area contributed by atoms with Gasteiger partial charge in [0.1, 0.15) is 5.82 Å². The molecule has 0 aliphatic carbocycles. The molecule has 1 aromatic carbocycles. The Hall–Kier alpha value is -1.26. The highest BCUT2D eigenvalue weighted by Crippen LogP contribution is 2.22. The topological polar surface area (TPSA) is 38.7 Å². The van der Waals surface area contributed by atoms with E-state index < -0.39 is 0 Å². The molecule has 0 saturated carbocycles. The molecule has 82 valence electrons. The Morgan fingerprint density at radius 2 is 1.69 bits per heavy atom. The molecule has 0 aliphatic rings. The zero-order chi connectivity index (χ0) is 11.7. The molecule has 0 radical (unpaired) electrons. The van der Waals surface area contributed by atoms with E-state index in [1.807, 2.05) is 6.92 Å². The molecule has 0 spiro atoms. The lowest BCUT2D eigenvalue weighted by Crippen LogP contribution is -1.96. The van der Waals surface area contributed by atoms with Crippen LogP contribution in [0.15, 0.2) is 18.2 Å². The molecule has 2 rings (SSSR count). The maximum absolute atomic E-state index is 13.1. The lowest BCUT2D eigenvalue weighted by Gasteiger charge is -2.04. The van der Waals surface area contributed by atoms with Crippen molar-refractivity contribution in [3.05, 3.63) is 40.1 Å². The molecule has 0 bridgehead atoms. The van der Waals surface area contributed by atoms with Gasteiger partial charge >= 0.3 is 0 Å². The van der Waals surface area contributed by atoms with Crippen LogP contribution in [0.4, 0.5) is 4.39 Å². The summed E-state index contributed by atoms with van der Waals surface area (Å²) < 4.78 is 13.1. The van der Waals surface area contributed by atoms with E-state index in [9.17, 15) is 4.39 Å². The molecule has 6 heteroatoms. The zero-order valence-electron chi connectivity index (χ0n) is 8.21. The smallest absolute Gasteiger partial charge is 0.207 e. The second kappa shape index (κ2) is 4.31. The molecule has 1 heterocycles. The first-order chi connectivity index (χ1) is 7.56. The van der Waals surface area contributed by atoms with Gasteiger partial charge in [-0.2, -0.15) is 15.0 Å². The number of halogens is 3. The number of aryl methyl sites for hydroxylation is 1. The van der Waals surface area contributed by atoms with E-state index in [2.05, 4.69) is 15.0 Å². The summed E-state index contributed by atoms with van der Waals surface area (Å²) in [7, 11) is 0. The largest absolute Gasteiger partial charge is 0.227 e. The van der Waals surface area contributed by atoms with Gasteiger partial charge in [0.15, 0.2) is 5.82 Å². The van der Waals surface area contributed by atoms with Gasteiger partial charge in [-0.3, -0.25) is 0 Å². The van der Waals surface area contributed by atoms with Gasteiger partial charge in [-0.05, 0) is 47.8 Å². The second-order valence-electron chi connectivity index (χ2n) is 3.16. The Morgan fingerprint density at radius 3 is 2.31 bits per heavy atom. The molecule has 2 aromatic rings. The van der Waals surface area contributed by atoms with Crippen LogP contribution in [0.25, 0.3) is 11.4 Å². The van der Waals surface area contributed by atoms with Crippen LogP contribution in [0.2, 0.25) is 10.6 Å². The molecule has 0 atom stereocenters. The van der Waals surface area contributed by atoms with Gasteiger partial charge in [-0.15, -0.1) is 0 Å². The molecule has 1 aromatic heterocycles. The average Bonchev–Trinajstić information content (AvgIpc) is 2.20. The van der Waals surface area contributed by atoms with Gasteiger partial charge in [0, 0.05) is 5.56 Å². The third-order valence-electron chi connectivity index (χ3n) is 2.02. The van der Waals surface area contributed by atoms with Crippen molar-refractivity contribution in [2.45, 2.75) is 6.92 Å². The Balaban J connectivity index is 2.62. The van der Waals surface area contributed by atoms with Crippen LogP contribution in [0.5, 0.6) is 0 Å². The molecule has 0 amide bonds. The van der Waals surface area contributed by atoms with Crippen molar-refractivity contribution in [2.75, 3.05) is 0 Å². The van der Waals surface area contributed by atoms with Crippen LogP contribution >= 0.6 is 23.2 Å². The molecular weight excluding hydrogens is 252 g/mol. The number of benzene rings is 1. The quantitative estimate of drug-likeness (QED) is 0.787. The van der Waals surface area contributed by atoms with E-state index in [0.717, 1.165) is 5.56 Å². The van der Waals surface area contributed by atoms with Gasteiger partial charge in [0.05, 0.1) is 0 Å². The fourth-order valence-electron chi connectivity index (χ4n) is 1.28. The van der Waals surface area contributed by atoms with E-state index in [0.29, 0.717) is 5.56 Å². The van der Waals surface area contributed by atoms with Crippen LogP contribution in [0, 0.1) is 12.7 Å².